The number of hydrogen-bond donors (Lipinski definition) is 2. The van der Waals surface area contributed by atoms with Gasteiger partial charge >= 0.3 is 0 Å². The first kappa shape index (κ1) is 19.0. The van der Waals surface area contributed by atoms with Gasteiger partial charge in [-0.05, 0) is 51.7 Å². The molecule has 0 aromatic carbocycles. The number of carbonyl (C=O) groups excluding carboxylic acids is 1. The molecule has 2 N–H and O–H groups in total. The van der Waals surface area contributed by atoms with Crippen LogP contribution in [0.25, 0.3) is 0 Å². The van der Waals surface area contributed by atoms with Crippen molar-refractivity contribution in [2.24, 2.45) is 5.92 Å². The Bertz CT molecular complexity index is 262. The summed E-state index contributed by atoms with van der Waals surface area (Å²) >= 11 is 0. The predicted molar refractivity (Wildman–Crippen MR) is 83.4 cm³/mol. The van der Waals surface area contributed by atoms with Gasteiger partial charge in [0.1, 0.15) is 0 Å². The lowest BCUT2D eigenvalue weighted by Crippen LogP contribution is -2.31. The molecule has 1 heterocycles. The van der Waals surface area contributed by atoms with Crippen molar-refractivity contribution in [1.29, 1.82) is 0 Å². The van der Waals surface area contributed by atoms with E-state index in [1.54, 1.807) is 0 Å². The second kappa shape index (κ2) is 9.81. The Morgan fingerprint density at radius 3 is 2.63 bits per heavy atom. The third kappa shape index (κ3) is 6.80. The molecule has 2 rings (SSSR count). The summed E-state index contributed by atoms with van der Waals surface area (Å²) in [5, 5.41) is 6.13. The Morgan fingerprint density at radius 2 is 2.00 bits per heavy atom. The molecular formula is C13H27Cl2N3O. The summed E-state index contributed by atoms with van der Waals surface area (Å²) in [6.07, 6.45) is 5.63. The lowest BCUT2D eigenvalue weighted by atomic mass is 10.1. The number of nitrogens with zero attached hydrogens (tertiary/aromatic N) is 1. The molecule has 0 aromatic rings. The number of carbonyl (C=O) groups is 1. The maximum atomic E-state index is 11.5. The van der Waals surface area contributed by atoms with Gasteiger partial charge in [-0.3, -0.25) is 4.79 Å². The molecule has 2 aliphatic rings. The molecule has 0 bridgehead atoms. The zero-order valence-electron chi connectivity index (χ0n) is 11.7. The molecule has 0 aromatic heterocycles. The Kier molecular flexibility index (Phi) is 9.79. The van der Waals surface area contributed by atoms with E-state index < -0.39 is 0 Å². The van der Waals surface area contributed by atoms with E-state index in [1.807, 2.05) is 7.05 Å². The van der Waals surface area contributed by atoms with Crippen LogP contribution in [0.1, 0.15) is 32.1 Å². The van der Waals surface area contributed by atoms with Crippen LogP contribution in [-0.2, 0) is 4.79 Å². The summed E-state index contributed by atoms with van der Waals surface area (Å²) in [5.74, 6) is 0.897. The van der Waals surface area contributed by atoms with Crippen LogP contribution in [0.15, 0.2) is 0 Å². The van der Waals surface area contributed by atoms with Gasteiger partial charge in [0.15, 0.2) is 0 Å². The van der Waals surface area contributed by atoms with E-state index in [-0.39, 0.29) is 30.7 Å². The molecule has 0 spiro atoms. The Hall–Kier alpha value is -0.0300. The number of halogens is 2. The summed E-state index contributed by atoms with van der Waals surface area (Å²) in [4.78, 5) is 14.1. The summed E-state index contributed by atoms with van der Waals surface area (Å²) < 4.78 is 0. The van der Waals surface area contributed by atoms with Crippen LogP contribution in [-0.4, -0.2) is 50.1 Å². The summed E-state index contributed by atoms with van der Waals surface area (Å²) in [5.41, 5.74) is 0. The average Bonchev–Trinajstić information content (AvgIpc) is 3.07. The molecule has 114 valence electrons. The lowest BCUT2D eigenvalue weighted by Gasteiger charge is -2.15. The van der Waals surface area contributed by atoms with Crippen LogP contribution in [0.4, 0.5) is 0 Å². The monoisotopic (exact) mass is 311 g/mol. The molecule has 4 nitrogen and oxygen atoms in total. The predicted octanol–water partition coefficient (Wildman–Crippen LogP) is 1.43. The first-order valence-corrected chi connectivity index (χ1v) is 6.95. The van der Waals surface area contributed by atoms with Crippen molar-refractivity contribution in [3.8, 4) is 0 Å². The largest absolute Gasteiger partial charge is 0.356 e. The number of hydrogen-bond acceptors (Lipinski definition) is 3. The molecule has 1 aliphatic heterocycles. The highest BCUT2D eigenvalue weighted by molar-refractivity contribution is 5.85. The van der Waals surface area contributed by atoms with Gasteiger partial charge in [0, 0.05) is 25.6 Å². The topological polar surface area (TPSA) is 44.4 Å². The molecule has 1 atom stereocenters. The fraction of sp³-hybridized carbons (Fsp3) is 0.923. The normalized spacial score (nSPS) is 22.5. The van der Waals surface area contributed by atoms with Crippen molar-refractivity contribution in [3.05, 3.63) is 0 Å². The van der Waals surface area contributed by atoms with Gasteiger partial charge in [-0.25, -0.2) is 0 Å². The lowest BCUT2D eigenvalue weighted by molar-refractivity contribution is -0.121. The van der Waals surface area contributed by atoms with E-state index in [9.17, 15) is 4.79 Å². The SMILES string of the molecule is CNCCCC(=O)NCC1CCN(C2CC2)C1.Cl.Cl. The molecule has 6 heteroatoms. The summed E-state index contributed by atoms with van der Waals surface area (Å²) in [6, 6.07) is 0.881. The highest BCUT2D eigenvalue weighted by atomic mass is 35.5. The first-order chi connectivity index (χ1) is 8.29. The third-order valence-electron chi connectivity index (χ3n) is 3.80. The summed E-state index contributed by atoms with van der Waals surface area (Å²) in [7, 11) is 1.92. The zero-order chi connectivity index (χ0) is 12.1. The number of amides is 1. The van der Waals surface area contributed by atoms with Crippen LogP contribution < -0.4 is 10.6 Å². The van der Waals surface area contributed by atoms with E-state index in [0.717, 1.165) is 25.6 Å². The first-order valence-electron chi connectivity index (χ1n) is 6.95. The third-order valence-corrected chi connectivity index (χ3v) is 3.80. The van der Waals surface area contributed by atoms with Crippen molar-refractivity contribution in [2.45, 2.75) is 38.1 Å². The minimum atomic E-state index is 0. The highest BCUT2D eigenvalue weighted by Gasteiger charge is 2.34. The van der Waals surface area contributed by atoms with Gasteiger partial charge in [0.25, 0.3) is 0 Å². The number of nitrogens with one attached hydrogen (secondary N) is 2. The smallest absolute Gasteiger partial charge is 0.220 e. The number of rotatable bonds is 7. The quantitative estimate of drug-likeness (QED) is 0.699. The van der Waals surface area contributed by atoms with Crippen LogP contribution in [0.3, 0.4) is 0 Å². The second-order valence-corrected chi connectivity index (χ2v) is 5.39. The van der Waals surface area contributed by atoms with Crippen LogP contribution in [0.2, 0.25) is 0 Å². The molecule has 0 radical (unpaired) electrons. The van der Waals surface area contributed by atoms with E-state index >= 15 is 0 Å². The maximum absolute atomic E-state index is 11.5. The van der Waals surface area contributed by atoms with Gasteiger partial charge in [-0.15, -0.1) is 24.8 Å². The zero-order valence-corrected chi connectivity index (χ0v) is 13.3. The van der Waals surface area contributed by atoms with Crippen molar-refractivity contribution in [1.82, 2.24) is 15.5 Å². The molecular weight excluding hydrogens is 285 g/mol. The van der Waals surface area contributed by atoms with Crippen LogP contribution in [0, 0.1) is 5.92 Å². The van der Waals surface area contributed by atoms with Crippen LogP contribution in [0.5, 0.6) is 0 Å². The fourth-order valence-corrected chi connectivity index (χ4v) is 2.57. The number of likely N-dealkylation sites (tertiary alicyclic amines) is 1. The molecule has 1 saturated carbocycles. The van der Waals surface area contributed by atoms with Crippen molar-refractivity contribution >= 4 is 30.7 Å². The van der Waals surface area contributed by atoms with E-state index in [2.05, 4.69) is 15.5 Å². The van der Waals surface area contributed by atoms with E-state index in [1.165, 1.54) is 32.4 Å². The minimum Gasteiger partial charge on any atom is -0.356 e. The second-order valence-electron chi connectivity index (χ2n) is 5.39. The minimum absolute atomic E-state index is 0. The van der Waals surface area contributed by atoms with E-state index in [0.29, 0.717) is 12.3 Å². The van der Waals surface area contributed by atoms with Gasteiger partial charge < -0.3 is 15.5 Å². The molecule has 2 fully saturated rings. The van der Waals surface area contributed by atoms with Gasteiger partial charge in [-0.1, -0.05) is 0 Å². The Balaban J connectivity index is 0.00000162. The van der Waals surface area contributed by atoms with Crippen molar-refractivity contribution in [3.63, 3.8) is 0 Å². The van der Waals surface area contributed by atoms with Crippen LogP contribution >= 0.6 is 24.8 Å². The molecule has 1 unspecified atom stereocenters. The van der Waals surface area contributed by atoms with Crippen molar-refractivity contribution < 1.29 is 4.79 Å². The fourth-order valence-electron chi connectivity index (χ4n) is 2.57. The van der Waals surface area contributed by atoms with Crippen molar-refractivity contribution in [2.75, 3.05) is 33.2 Å². The molecule has 19 heavy (non-hydrogen) atoms. The molecule has 1 aliphatic carbocycles. The van der Waals surface area contributed by atoms with Gasteiger partial charge in [-0.2, -0.15) is 0 Å². The Morgan fingerprint density at radius 1 is 1.26 bits per heavy atom. The Labute approximate surface area is 128 Å². The van der Waals surface area contributed by atoms with Gasteiger partial charge in [0.05, 0.1) is 0 Å². The summed E-state index contributed by atoms with van der Waals surface area (Å²) in [6.45, 7) is 4.24. The molecule has 1 amide bonds. The average molecular weight is 312 g/mol. The standard InChI is InChI=1S/C13H25N3O.2ClH/c1-14-7-2-3-13(17)15-9-11-6-8-16(10-11)12-4-5-12;;/h11-12,14H,2-10H2,1H3,(H,15,17);2*1H. The highest BCUT2D eigenvalue weighted by Crippen LogP contribution is 2.31. The molecule has 1 saturated heterocycles. The van der Waals surface area contributed by atoms with Gasteiger partial charge in [0.2, 0.25) is 5.91 Å². The maximum Gasteiger partial charge on any atom is 0.220 e. The van der Waals surface area contributed by atoms with E-state index in [4.69, 9.17) is 0 Å².